The summed E-state index contributed by atoms with van der Waals surface area (Å²) < 4.78 is 34.4. The minimum atomic E-state index is -3.68. The van der Waals surface area contributed by atoms with Crippen molar-refractivity contribution in [3.63, 3.8) is 0 Å². The second-order valence-electron chi connectivity index (χ2n) is 7.10. The van der Waals surface area contributed by atoms with Crippen molar-refractivity contribution in [3.05, 3.63) is 0 Å². The molecule has 1 atom stereocenters. The number of rotatable bonds is 4. The molecule has 0 bridgehead atoms. The Morgan fingerprint density at radius 3 is 2.35 bits per heavy atom. The van der Waals surface area contributed by atoms with Gasteiger partial charge in [0.05, 0.1) is 11.9 Å². The van der Waals surface area contributed by atoms with Crippen LogP contribution in [0.1, 0.15) is 47.0 Å². The fourth-order valence-electron chi connectivity index (χ4n) is 2.77. The maximum Gasteiger partial charge on any atom is 0.410 e. The van der Waals surface area contributed by atoms with Gasteiger partial charge in [-0.05, 0) is 47.0 Å². The van der Waals surface area contributed by atoms with Crippen molar-refractivity contribution < 1.29 is 27.5 Å². The second-order valence-corrected chi connectivity index (χ2v) is 9.63. The molecule has 2 fully saturated rings. The molecule has 0 spiro atoms. The van der Waals surface area contributed by atoms with Gasteiger partial charge in [0.15, 0.2) is 14.6 Å². The van der Waals surface area contributed by atoms with Gasteiger partial charge < -0.3 is 14.4 Å². The molecule has 7 nitrogen and oxygen atoms in total. The van der Waals surface area contributed by atoms with Crippen LogP contribution in [0.3, 0.4) is 0 Å². The lowest BCUT2D eigenvalue weighted by atomic mass is 10.2. The molecule has 0 radical (unpaired) electrons. The summed E-state index contributed by atoms with van der Waals surface area (Å²) in [6, 6.07) is 0. The standard InChI is InChI=1S/C15H25NO6S/c1-5-21-12(17)15(7-8-15)23(19,20)11-6-9-16(10-11)13(18)22-14(2,3)4/h11H,5-10H2,1-4H3. The number of likely N-dealkylation sites (tertiary alicyclic amines) is 1. The van der Waals surface area contributed by atoms with Crippen molar-refractivity contribution in [2.24, 2.45) is 0 Å². The van der Waals surface area contributed by atoms with Crippen LogP contribution >= 0.6 is 0 Å². The molecule has 0 aromatic rings. The SMILES string of the molecule is CCOC(=O)C1(S(=O)(=O)C2CCN(C(=O)OC(C)(C)C)C2)CC1. The van der Waals surface area contributed by atoms with E-state index < -0.39 is 37.5 Å². The van der Waals surface area contributed by atoms with E-state index in [1.54, 1.807) is 27.7 Å². The highest BCUT2D eigenvalue weighted by Gasteiger charge is 2.64. The van der Waals surface area contributed by atoms with E-state index in [1.807, 2.05) is 0 Å². The highest BCUT2D eigenvalue weighted by molar-refractivity contribution is 7.94. The summed E-state index contributed by atoms with van der Waals surface area (Å²) in [5.41, 5.74) is -0.628. The lowest BCUT2D eigenvalue weighted by Crippen LogP contribution is -2.43. The van der Waals surface area contributed by atoms with Crippen LogP contribution in [-0.2, 0) is 24.1 Å². The summed E-state index contributed by atoms with van der Waals surface area (Å²) in [6.07, 6.45) is 0.410. The van der Waals surface area contributed by atoms with Crippen molar-refractivity contribution in [2.75, 3.05) is 19.7 Å². The molecular weight excluding hydrogens is 322 g/mol. The third-order valence-electron chi connectivity index (χ3n) is 4.13. The molecule has 23 heavy (non-hydrogen) atoms. The van der Waals surface area contributed by atoms with Crippen LogP contribution in [0.5, 0.6) is 0 Å². The maximum absolute atomic E-state index is 12.8. The molecule has 2 rings (SSSR count). The van der Waals surface area contributed by atoms with Gasteiger partial charge in [0.1, 0.15) is 5.60 Å². The van der Waals surface area contributed by atoms with E-state index >= 15 is 0 Å². The van der Waals surface area contributed by atoms with Gasteiger partial charge in [-0.3, -0.25) is 4.79 Å². The highest BCUT2D eigenvalue weighted by atomic mass is 32.2. The Morgan fingerprint density at radius 1 is 1.26 bits per heavy atom. The fourth-order valence-corrected chi connectivity index (χ4v) is 5.17. The van der Waals surface area contributed by atoms with Gasteiger partial charge in [0, 0.05) is 13.1 Å². The van der Waals surface area contributed by atoms with E-state index in [9.17, 15) is 18.0 Å². The zero-order chi connectivity index (χ0) is 17.5. The fraction of sp³-hybridized carbons (Fsp3) is 0.867. The first-order valence-electron chi connectivity index (χ1n) is 7.92. The Morgan fingerprint density at radius 2 is 1.87 bits per heavy atom. The topological polar surface area (TPSA) is 90.0 Å². The van der Waals surface area contributed by atoms with Gasteiger partial charge in [0.2, 0.25) is 0 Å². The van der Waals surface area contributed by atoms with Crippen LogP contribution in [0.2, 0.25) is 0 Å². The first-order chi connectivity index (χ1) is 10.5. The summed E-state index contributed by atoms with van der Waals surface area (Å²) in [5, 5.41) is -0.734. The molecule has 1 unspecified atom stereocenters. The molecule has 1 aliphatic carbocycles. The molecule has 1 saturated heterocycles. The molecule has 8 heteroatoms. The Labute approximate surface area is 137 Å². The van der Waals surface area contributed by atoms with Crippen molar-refractivity contribution in [3.8, 4) is 0 Å². The molecule has 1 heterocycles. The number of esters is 1. The second kappa shape index (κ2) is 5.96. The number of ether oxygens (including phenoxy) is 2. The van der Waals surface area contributed by atoms with Crippen LogP contribution < -0.4 is 0 Å². The van der Waals surface area contributed by atoms with Crippen LogP contribution in [0, 0.1) is 0 Å². The van der Waals surface area contributed by atoms with Gasteiger partial charge in [-0.2, -0.15) is 0 Å². The Hall–Kier alpha value is -1.31. The monoisotopic (exact) mass is 347 g/mol. The molecule has 1 aliphatic heterocycles. The number of carbonyl (C=O) groups is 2. The Bertz CT molecular complexity index is 588. The van der Waals surface area contributed by atoms with Crippen LogP contribution in [0.4, 0.5) is 4.79 Å². The quantitative estimate of drug-likeness (QED) is 0.716. The van der Waals surface area contributed by atoms with E-state index in [0.717, 1.165) is 0 Å². The van der Waals surface area contributed by atoms with Crippen molar-refractivity contribution in [1.29, 1.82) is 0 Å². The van der Waals surface area contributed by atoms with Crippen molar-refractivity contribution in [1.82, 2.24) is 4.90 Å². The third-order valence-corrected chi connectivity index (χ3v) is 7.06. The van der Waals surface area contributed by atoms with Crippen LogP contribution in [0.15, 0.2) is 0 Å². The lowest BCUT2D eigenvalue weighted by molar-refractivity contribution is -0.143. The minimum Gasteiger partial charge on any atom is -0.465 e. The summed E-state index contributed by atoms with van der Waals surface area (Å²) in [7, 11) is -3.68. The highest BCUT2D eigenvalue weighted by Crippen LogP contribution is 2.47. The number of nitrogens with zero attached hydrogens (tertiary/aromatic N) is 1. The average Bonchev–Trinajstić information content (AvgIpc) is 3.08. The predicted molar refractivity (Wildman–Crippen MR) is 83.7 cm³/mol. The first-order valence-corrected chi connectivity index (χ1v) is 9.47. The zero-order valence-corrected chi connectivity index (χ0v) is 14.9. The summed E-state index contributed by atoms with van der Waals surface area (Å²) in [6.45, 7) is 7.47. The van der Waals surface area contributed by atoms with Crippen LogP contribution in [-0.4, -0.2) is 60.7 Å². The summed E-state index contributed by atoms with van der Waals surface area (Å²) in [4.78, 5) is 25.5. The predicted octanol–water partition coefficient (Wildman–Crippen LogP) is 1.51. The summed E-state index contributed by atoms with van der Waals surface area (Å²) >= 11 is 0. The average molecular weight is 347 g/mol. The molecule has 0 aromatic heterocycles. The van der Waals surface area contributed by atoms with Gasteiger partial charge in [-0.1, -0.05) is 0 Å². The lowest BCUT2D eigenvalue weighted by Gasteiger charge is -2.25. The van der Waals surface area contributed by atoms with Gasteiger partial charge >= 0.3 is 12.1 Å². The van der Waals surface area contributed by atoms with Gasteiger partial charge in [-0.25, -0.2) is 13.2 Å². The molecular formula is C15H25NO6S. The largest absolute Gasteiger partial charge is 0.465 e. The first kappa shape index (κ1) is 18.0. The number of hydrogen-bond acceptors (Lipinski definition) is 6. The Kier molecular flexibility index (Phi) is 4.67. The van der Waals surface area contributed by atoms with Crippen molar-refractivity contribution in [2.45, 2.75) is 62.6 Å². The third kappa shape index (κ3) is 3.46. The van der Waals surface area contributed by atoms with Crippen LogP contribution in [0.25, 0.3) is 0 Å². The number of carbonyl (C=O) groups excluding carboxylic acids is 2. The number of hydrogen-bond donors (Lipinski definition) is 0. The Balaban J connectivity index is 2.06. The normalized spacial score (nSPS) is 23.5. The molecule has 1 saturated carbocycles. The molecule has 1 amide bonds. The molecule has 132 valence electrons. The van der Waals surface area contributed by atoms with E-state index in [1.165, 1.54) is 4.90 Å². The molecule has 0 N–H and O–H groups in total. The molecule has 2 aliphatic rings. The number of amides is 1. The van der Waals surface area contributed by atoms with E-state index in [4.69, 9.17) is 9.47 Å². The van der Waals surface area contributed by atoms with Crippen molar-refractivity contribution >= 4 is 21.9 Å². The van der Waals surface area contributed by atoms with E-state index in [2.05, 4.69) is 0 Å². The maximum atomic E-state index is 12.8. The molecule has 0 aromatic carbocycles. The van der Waals surface area contributed by atoms with E-state index in [-0.39, 0.29) is 13.2 Å². The number of sulfone groups is 1. The smallest absolute Gasteiger partial charge is 0.410 e. The van der Waals surface area contributed by atoms with Gasteiger partial charge in [0.25, 0.3) is 0 Å². The van der Waals surface area contributed by atoms with E-state index in [0.29, 0.717) is 25.8 Å². The summed E-state index contributed by atoms with van der Waals surface area (Å²) in [5.74, 6) is -0.657. The zero-order valence-electron chi connectivity index (χ0n) is 14.1. The minimum absolute atomic E-state index is 0.0679. The van der Waals surface area contributed by atoms with Gasteiger partial charge in [-0.15, -0.1) is 0 Å².